The van der Waals surface area contributed by atoms with Crippen LogP contribution in [-0.4, -0.2) is 4.21 Å². The highest BCUT2D eigenvalue weighted by molar-refractivity contribution is 7.85. The number of ether oxygens (including phenoxy) is 2. The molecule has 3 nitrogen and oxygen atoms in total. The Labute approximate surface area is 179 Å². The summed E-state index contributed by atoms with van der Waals surface area (Å²) in [5.41, 5.74) is 2.12. The van der Waals surface area contributed by atoms with Crippen molar-refractivity contribution < 1.29 is 13.7 Å². The molecule has 0 N–H and O–H groups in total. The average molecular weight is 415 g/mol. The van der Waals surface area contributed by atoms with Gasteiger partial charge in [0.25, 0.3) is 0 Å². The summed E-state index contributed by atoms with van der Waals surface area (Å²) >= 11 is 0. The summed E-state index contributed by atoms with van der Waals surface area (Å²) in [6, 6.07) is 34.8. The molecule has 0 aliphatic heterocycles. The van der Waals surface area contributed by atoms with E-state index in [9.17, 15) is 4.21 Å². The topological polar surface area (TPSA) is 35.5 Å². The Bertz CT molecular complexity index is 1020. The third-order valence-electron chi connectivity index (χ3n) is 4.57. The number of para-hydroxylation sites is 2. The normalized spacial score (nSPS) is 10.7. The highest BCUT2D eigenvalue weighted by Crippen LogP contribution is 2.32. The van der Waals surface area contributed by atoms with Crippen LogP contribution in [0.4, 0.5) is 0 Å². The molecule has 0 heterocycles. The summed E-state index contributed by atoms with van der Waals surface area (Å²) in [4.78, 5) is 1.26. The molecular formula is C26H22O3S. The van der Waals surface area contributed by atoms with Gasteiger partial charge in [0.05, 0.1) is 20.6 Å². The van der Waals surface area contributed by atoms with Crippen molar-refractivity contribution >= 4 is 10.8 Å². The lowest BCUT2D eigenvalue weighted by Gasteiger charge is -2.14. The molecule has 0 aliphatic rings. The minimum Gasteiger partial charge on any atom is -0.488 e. The molecule has 4 heteroatoms. The van der Waals surface area contributed by atoms with Crippen LogP contribution in [0, 0.1) is 0 Å². The number of rotatable bonds is 8. The fourth-order valence-corrected chi connectivity index (χ4v) is 4.29. The Morgan fingerprint density at radius 1 is 0.500 bits per heavy atom. The van der Waals surface area contributed by atoms with E-state index in [0.717, 1.165) is 11.1 Å². The standard InChI is InChI=1S/C26H22O3S/c27-30(25-17-9-7-15-23(25)28-19-21-11-3-1-4-12-21)26-18-10-8-16-24(26)29-20-22-13-5-2-6-14-22/h1-18H,19-20H2. The van der Waals surface area contributed by atoms with Crippen LogP contribution in [-0.2, 0) is 24.0 Å². The van der Waals surface area contributed by atoms with Crippen molar-refractivity contribution in [2.75, 3.05) is 0 Å². The Morgan fingerprint density at radius 2 is 0.867 bits per heavy atom. The maximum atomic E-state index is 13.5. The van der Waals surface area contributed by atoms with Crippen LogP contribution in [0.5, 0.6) is 11.5 Å². The Balaban J connectivity index is 1.55. The van der Waals surface area contributed by atoms with Crippen molar-refractivity contribution in [3.63, 3.8) is 0 Å². The summed E-state index contributed by atoms with van der Waals surface area (Å²) < 4.78 is 25.5. The van der Waals surface area contributed by atoms with Gasteiger partial charge in [0.2, 0.25) is 0 Å². The highest BCUT2D eigenvalue weighted by Gasteiger charge is 2.17. The minimum atomic E-state index is -1.44. The van der Waals surface area contributed by atoms with Gasteiger partial charge in [0.1, 0.15) is 24.7 Å². The molecular weight excluding hydrogens is 392 g/mol. The van der Waals surface area contributed by atoms with Crippen molar-refractivity contribution in [1.29, 1.82) is 0 Å². The van der Waals surface area contributed by atoms with Crippen LogP contribution in [0.2, 0.25) is 0 Å². The highest BCUT2D eigenvalue weighted by atomic mass is 32.2. The first-order valence-corrected chi connectivity index (χ1v) is 10.9. The second-order valence-electron chi connectivity index (χ2n) is 6.71. The van der Waals surface area contributed by atoms with E-state index >= 15 is 0 Å². The van der Waals surface area contributed by atoms with E-state index < -0.39 is 10.8 Å². The second-order valence-corrected chi connectivity index (χ2v) is 8.13. The monoisotopic (exact) mass is 414 g/mol. The lowest BCUT2D eigenvalue weighted by atomic mass is 10.2. The predicted molar refractivity (Wildman–Crippen MR) is 119 cm³/mol. The maximum absolute atomic E-state index is 13.5. The molecule has 0 fully saturated rings. The van der Waals surface area contributed by atoms with E-state index in [2.05, 4.69) is 0 Å². The summed E-state index contributed by atoms with van der Waals surface area (Å²) in [6.45, 7) is 0.836. The summed E-state index contributed by atoms with van der Waals surface area (Å²) in [7, 11) is -1.44. The molecule has 150 valence electrons. The van der Waals surface area contributed by atoms with Crippen molar-refractivity contribution in [3.8, 4) is 11.5 Å². The van der Waals surface area contributed by atoms with Crippen molar-refractivity contribution in [1.82, 2.24) is 0 Å². The van der Waals surface area contributed by atoms with Crippen LogP contribution in [0.25, 0.3) is 0 Å². The molecule has 0 saturated heterocycles. The number of hydrogen-bond acceptors (Lipinski definition) is 3. The molecule has 0 aromatic heterocycles. The summed E-state index contributed by atoms with van der Waals surface area (Å²) in [5.74, 6) is 1.22. The molecule has 0 aliphatic carbocycles. The van der Waals surface area contributed by atoms with Crippen LogP contribution >= 0.6 is 0 Å². The van der Waals surface area contributed by atoms with Crippen LogP contribution in [0.15, 0.2) is 119 Å². The Kier molecular flexibility index (Phi) is 6.58. The zero-order valence-electron chi connectivity index (χ0n) is 16.4. The smallest absolute Gasteiger partial charge is 0.136 e. The molecule has 4 rings (SSSR count). The molecule has 0 radical (unpaired) electrons. The lowest BCUT2D eigenvalue weighted by molar-refractivity contribution is 0.296. The van der Waals surface area contributed by atoms with E-state index in [0.29, 0.717) is 34.5 Å². The van der Waals surface area contributed by atoms with E-state index in [4.69, 9.17) is 9.47 Å². The van der Waals surface area contributed by atoms with Gasteiger partial charge in [-0.25, -0.2) is 4.21 Å². The van der Waals surface area contributed by atoms with E-state index in [1.807, 2.05) is 109 Å². The van der Waals surface area contributed by atoms with Gasteiger partial charge in [-0.3, -0.25) is 0 Å². The molecule has 0 saturated carbocycles. The molecule has 0 bridgehead atoms. The average Bonchev–Trinajstić information content (AvgIpc) is 2.83. The third-order valence-corrected chi connectivity index (χ3v) is 6.05. The zero-order chi connectivity index (χ0) is 20.6. The third kappa shape index (κ3) is 4.97. The minimum absolute atomic E-state index is 0.418. The van der Waals surface area contributed by atoms with E-state index in [1.54, 1.807) is 0 Å². The van der Waals surface area contributed by atoms with Gasteiger partial charge in [0, 0.05) is 0 Å². The zero-order valence-corrected chi connectivity index (χ0v) is 17.3. The first-order valence-electron chi connectivity index (χ1n) is 9.74. The Morgan fingerprint density at radius 3 is 1.30 bits per heavy atom. The van der Waals surface area contributed by atoms with Gasteiger partial charge >= 0.3 is 0 Å². The van der Waals surface area contributed by atoms with Crippen LogP contribution < -0.4 is 9.47 Å². The molecule has 0 unspecified atom stereocenters. The second kappa shape index (κ2) is 9.90. The predicted octanol–water partition coefficient (Wildman–Crippen LogP) is 6.01. The van der Waals surface area contributed by atoms with Gasteiger partial charge < -0.3 is 9.47 Å². The van der Waals surface area contributed by atoms with Gasteiger partial charge in [-0.1, -0.05) is 84.9 Å². The SMILES string of the molecule is O=S(c1ccccc1OCc1ccccc1)c1ccccc1OCc1ccccc1. The quantitative estimate of drug-likeness (QED) is 0.354. The van der Waals surface area contributed by atoms with E-state index in [-0.39, 0.29) is 0 Å². The molecule has 0 spiro atoms. The van der Waals surface area contributed by atoms with E-state index in [1.165, 1.54) is 0 Å². The van der Waals surface area contributed by atoms with Gasteiger partial charge in [-0.2, -0.15) is 0 Å². The Hall–Kier alpha value is -3.37. The lowest BCUT2D eigenvalue weighted by Crippen LogP contribution is -2.03. The summed E-state index contributed by atoms with van der Waals surface area (Å²) in [5, 5.41) is 0. The fourth-order valence-electron chi connectivity index (χ4n) is 3.03. The number of hydrogen-bond donors (Lipinski definition) is 0. The fraction of sp³-hybridized carbons (Fsp3) is 0.0769. The molecule has 0 amide bonds. The largest absolute Gasteiger partial charge is 0.488 e. The number of benzene rings is 4. The van der Waals surface area contributed by atoms with Crippen LogP contribution in [0.1, 0.15) is 11.1 Å². The first-order chi connectivity index (χ1) is 14.8. The van der Waals surface area contributed by atoms with Gasteiger partial charge in [0.15, 0.2) is 0 Å². The van der Waals surface area contributed by atoms with Gasteiger partial charge in [-0.05, 0) is 35.4 Å². The first kappa shape index (κ1) is 19.9. The maximum Gasteiger partial charge on any atom is 0.136 e. The summed E-state index contributed by atoms with van der Waals surface area (Å²) in [6.07, 6.45) is 0. The van der Waals surface area contributed by atoms with Gasteiger partial charge in [-0.15, -0.1) is 0 Å². The van der Waals surface area contributed by atoms with Crippen molar-refractivity contribution in [3.05, 3.63) is 120 Å². The van der Waals surface area contributed by atoms with Crippen molar-refractivity contribution in [2.24, 2.45) is 0 Å². The van der Waals surface area contributed by atoms with Crippen LogP contribution in [0.3, 0.4) is 0 Å². The van der Waals surface area contributed by atoms with Crippen molar-refractivity contribution in [2.45, 2.75) is 23.0 Å². The molecule has 0 atom stereocenters. The molecule has 30 heavy (non-hydrogen) atoms. The molecule has 4 aromatic rings. The molecule has 4 aromatic carbocycles.